The lowest BCUT2D eigenvalue weighted by atomic mass is 10.3. The number of aromatic carboxylic acids is 1. The first-order valence-electron chi connectivity index (χ1n) is 7.18. The highest BCUT2D eigenvalue weighted by Crippen LogP contribution is 2.18. The highest BCUT2D eigenvalue weighted by atomic mass is 32.1. The van der Waals surface area contributed by atoms with E-state index < -0.39 is 5.97 Å². The van der Waals surface area contributed by atoms with Crippen molar-refractivity contribution in [2.45, 2.75) is 6.42 Å². The number of para-hydroxylation sites is 1. The van der Waals surface area contributed by atoms with E-state index in [0.717, 1.165) is 11.3 Å². The van der Waals surface area contributed by atoms with Gasteiger partial charge in [0.25, 0.3) is 5.91 Å². The molecular weight excluding hydrogens is 333 g/mol. The Hall–Kier alpha value is -2.74. The number of benzene rings is 1. The van der Waals surface area contributed by atoms with Crippen LogP contribution in [-0.2, 0) is 13.5 Å². The van der Waals surface area contributed by atoms with Crippen LogP contribution in [0.3, 0.4) is 0 Å². The molecule has 0 aliphatic carbocycles. The minimum absolute atomic E-state index is 0.117. The summed E-state index contributed by atoms with van der Waals surface area (Å²) in [6.07, 6.45) is 0.438. The number of aromatic nitrogens is 2. The molecule has 6 nitrogen and oxygen atoms in total. The monoisotopic (exact) mass is 347 g/mol. The summed E-state index contributed by atoms with van der Waals surface area (Å²) in [4.78, 5) is 27.5. The Morgan fingerprint density at radius 2 is 2.04 bits per heavy atom. The van der Waals surface area contributed by atoms with E-state index in [1.807, 2.05) is 0 Å². The Morgan fingerprint density at radius 1 is 1.29 bits per heavy atom. The highest BCUT2D eigenvalue weighted by molar-refractivity contribution is 7.15. The molecule has 124 valence electrons. The number of hydrogen-bond donors (Lipinski definition) is 2. The fraction of sp³-hybridized carbons (Fsp3) is 0.188. The van der Waals surface area contributed by atoms with Crippen LogP contribution in [0, 0.1) is 5.82 Å². The SMILES string of the molecule is Cn1c(CCNC(=O)c2ccc(C(=O)O)s2)nc2c(F)cccc21. The van der Waals surface area contributed by atoms with Gasteiger partial charge in [-0.3, -0.25) is 4.79 Å². The number of carbonyl (C=O) groups excluding carboxylic acids is 1. The van der Waals surface area contributed by atoms with E-state index in [4.69, 9.17) is 5.11 Å². The van der Waals surface area contributed by atoms with Gasteiger partial charge in [0.15, 0.2) is 5.82 Å². The van der Waals surface area contributed by atoms with Crippen LogP contribution in [0.1, 0.15) is 25.2 Å². The fourth-order valence-corrected chi connectivity index (χ4v) is 3.16. The predicted molar refractivity (Wildman–Crippen MR) is 88.0 cm³/mol. The molecule has 1 amide bonds. The van der Waals surface area contributed by atoms with Gasteiger partial charge in [-0.15, -0.1) is 11.3 Å². The van der Waals surface area contributed by atoms with Crippen molar-refractivity contribution in [3.63, 3.8) is 0 Å². The van der Waals surface area contributed by atoms with Gasteiger partial charge in [0.1, 0.15) is 16.2 Å². The zero-order chi connectivity index (χ0) is 17.3. The number of aryl methyl sites for hydroxylation is 1. The van der Waals surface area contributed by atoms with Crippen molar-refractivity contribution >= 4 is 34.2 Å². The summed E-state index contributed by atoms with van der Waals surface area (Å²) in [7, 11) is 1.80. The lowest BCUT2D eigenvalue weighted by Gasteiger charge is -2.04. The molecule has 0 fully saturated rings. The van der Waals surface area contributed by atoms with E-state index in [9.17, 15) is 14.0 Å². The quantitative estimate of drug-likeness (QED) is 0.742. The lowest BCUT2D eigenvalue weighted by Crippen LogP contribution is -2.25. The summed E-state index contributed by atoms with van der Waals surface area (Å²) in [5, 5.41) is 11.6. The number of carbonyl (C=O) groups is 2. The molecule has 0 saturated heterocycles. The molecule has 0 aliphatic heterocycles. The minimum Gasteiger partial charge on any atom is -0.477 e. The third-order valence-electron chi connectivity index (χ3n) is 3.63. The molecule has 0 saturated carbocycles. The third kappa shape index (κ3) is 3.00. The van der Waals surface area contributed by atoms with Crippen LogP contribution in [0.2, 0.25) is 0 Å². The Kier molecular flexibility index (Phi) is 4.30. The van der Waals surface area contributed by atoms with E-state index >= 15 is 0 Å². The first-order valence-corrected chi connectivity index (χ1v) is 8.00. The van der Waals surface area contributed by atoms with Gasteiger partial charge in [-0.2, -0.15) is 0 Å². The summed E-state index contributed by atoms with van der Waals surface area (Å²) in [5.74, 6) is -1.11. The number of carboxylic acids is 1. The van der Waals surface area contributed by atoms with E-state index in [-0.39, 0.29) is 16.6 Å². The first kappa shape index (κ1) is 16.1. The van der Waals surface area contributed by atoms with Crippen LogP contribution < -0.4 is 5.32 Å². The number of fused-ring (bicyclic) bond motifs is 1. The van der Waals surface area contributed by atoms with Crippen LogP contribution in [0.15, 0.2) is 30.3 Å². The molecule has 2 aromatic heterocycles. The summed E-state index contributed by atoms with van der Waals surface area (Å²) in [6.45, 7) is 0.317. The lowest BCUT2D eigenvalue weighted by molar-refractivity contribution is 0.0702. The summed E-state index contributed by atoms with van der Waals surface area (Å²) < 4.78 is 15.5. The number of carboxylic acid groups (broad SMARTS) is 1. The molecule has 0 spiro atoms. The van der Waals surface area contributed by atoms with Gasteiger partial charge in [-0.1, -0.05) is 6.07 Å². The van der Waals surface area contributed by atoms with Crippen LogP contribution in [0.25, 0.3) is 11.0 Å². The molecule has 0 bridgehead atoms. The average Bonchev–Trinajstić information content (AvgIpc) is 3.15. The van der Waals surface area contributed by atoms with Crippen molar-refractivity contribution < 1.29 is 19.1 Å². The second-order valence-corrected chi connectivity index (χ2v) is 6.25. The molecule has 24 heavy (non-hydrogen) atoms. The largest absolute Gasteiger partial charge is 0.477 e. The van der Waals surface area contributed by atoms with E-state index in [0.29, 0.717) is 34.7 Å². The molecule has 2 heterocycles. The maximum absolute atomic E-state index is 13.7. The zero-order valence-corrected chi connectivity index (χ0v) is 13.6. The number of thiophene rings is 1. The van der Waals surface area contributed by atoms with Crippen molar-refractivity contribution in [3.05, 3.63) is 51.7 Å². The highest BCUT2D eigenvalue weighted by Gasteiger charge is 2.14. The molecule has 0 aliphatic rings. The van der Waals surface area contributed by atoms with Crippen molar-refractivity contribution in [2.24, 2.45) is 7.05 Å². The minimum atomic E-state index is -1.05. The molecule has 0 radical (unpaired) electrons. The molecular formula is C16H14FN3O3S. The number of imidazole rings is 1. The van der Waals surface area contributed by atoms with Crippen molar-refractivity contribution in [3.8, 4) is 0 Å². The predicted octanol–water partition coefficient (Wildman–Crippen LogP) is 2.44. The molecule has 0 atom stereocenters. The number of rotatable bonds is 5. The number of nitrogens with one attached hydrogen (secondary N) is 1. The smallest absolute Gasteiger partial charge is 0.345 e. The number of halogens is 1. The number of amides is 1. The van der Waals surface area contributed by atoms with E-state index in [2.05, 4.69) is 10.3 Å². The van der Waals surface area contributed by atoms with Gasteiger partial charge < -0.3 is 15.0 Å². The molecule has 2 N–H and O–H groups in total. The molecule has 8 heteroatoms. The van der Waals surface area contributed by atoms with Gasteiger partial charge in [0.2, 0.25) is 0 Å². The molecule has 0 unspecified atom stereocenters. The number of nitrogens with zero attached hydrogens (tertiary/aromatic N) is 2. The normalized spacial score (nSPS) is 10.9. The van der Waals surface area contributed by atoms with Gasteiger partial charge >= 0.3 is 5.97 Å². The Balaban J connectivity index is 1.66. The molecule has 3 aromatic rings. The summed E-state index contributed by atoms with van der Waals surface area (Å²) >= 11 is 0.922. The van der Waals surface area contributed by atoms with Crippen LogP contribution in [0.4, 0.5) is 4.39 Å². The topological polar surface area (TPSA) is 84.2 Å². The Morgan fingerprint density at radius 3 is 2.71 bits per heavy atom. The van der Waals surface area contributed by atoms with Gasteiger partial charge in [-0.25, -0.2) is 14.2 Å². The third-order valence-corrected chi connectivity index (χ3v) is 4.70. The van der Waals surface area contributed by atoms with Crippen LogP contribution in [-0.4, -0.2) is 33.1 Å². The maximum atomic E-state index is 13.7. The van der Waals surface area contributed by atoms with Gasteiger partial charge in [-0.05, 0) is 24.3 Å². The van der Waals surface area contributed by atoms with Gasteiger partial charge in [0.05, 0.1) is 10.4 Å². The van der Waals surface area contributed by atoms with Crippen molar-refractivity contribution in [1.82, 2.24) is 14.9 Å². The second-order valence-electron chi connectivity index (χ2n) is 5.17. The summed E-state index contributed by atoms with van der Waals surface area (Å²) in [6, 6.07) is 7.65. The van der Waals surface area contributed by atoms with Crippen molar-refractivity contribution in [1.29, 1.82) is 0 Å². The standard InChI is InChI=1S/C16H14FN3O3S/c1-20-10-4-2-3-9(17)14(10)19-13(20)7-8-18-15(21)11-5-6-12(24-11)16(22)23/h2-6H,7-8H2,1H3,(H,18,21)(H,22,23). The fourth-order valence-electron chi connectivity index (χ4n) is 2.40. The van der Waals surface area contributed by atoms with Crippen LogP contribution in [0.5, 0.6) is 0 Å². The molecule has 1 aromatic carbocycles. The Labute approximate surface area is 140 Å². The zero-order valence-electron chi connectivity index (χ0n) is 12.7. The first-order chi connectivity index (χ1) is 11.5. The maximum Gasteiger partial charge on any atom is 0.345 e. The Bertz CT molecular complexity index is 932. The van der Waals surface area contributed by atoms with E-state index in [1.165, 1.54) is 18.2 Å². The van der Waals surface area contributed by atoms with Crippen molar-refractivity contribution in [2.75, 3.05) is 6.54 Å². The molecule has 3 rings (SSSR count). The summed E-state index contributed by atoms with van der Waals surface area (Å²) in [5.41, 5.74) is 1.01. The number of hydrogen-bond acceptors (Lipinski definition) is 4. The van der Waals surface area contributed by atoms with Crippen LogP contribution >= 0.6 is 11.3 Å². The second kappa shape index (κ2) is 6.40. The average molecular weight is 347 g/mol. The van der Waals surface area contributed by atoms with E-state index in [1.54, 1.807) is 23.7 Å². The van der Waals surface area contributed by atoms with Gasteiger partial charge in [0, 0.05) is 20.0 Å².